The fourth-order valence-electron chi connectivity index (χ4n) is 1.61. The van der Waals surface area contributed by atoms with Crippen molar-refractivity contribution in [1.82, 2.24) is 5.32 Å². The van der Waals surface area contributed by atoms with Gasteiger partial charge in [-0.1, -0.05) is 11.6 Å². The summed E-state index contributed by atoms with van der Waals surface area (Å²) in [4.78, 5) is 22.5. The van der Waals surface area contributed by atoms with Crippen molar-refractivity contribution >= 4 is 23.6 Å². The molecule has 0 bridgehead atoms. The third kappa shape index (κ3) is 2.06. The van der Waals surface area contributed by atoms with Crippen LogP contribution in [0.2, 0.25) is 5.02 Å². The van der Waals surface area contributed by atoms with Crippen molar-refractivity contribution < 1.29 is 19.1 Å². The number of aryl methyl sites for hydroxylation is 1. The van der Waals surface area contributed by atoms with Crippen LogP contribution in [0.4, 0.5) is 4.79 Å². The van der Waals surface area contributed by atoms with Gasteiger partial charge in [0.15, 0.2) is 0 Å². The number of hydrogen-bond acceptors (Lipinski definition) is 4. The molecule has 2 rings (SSSR count). The fourth-order valence-corrected chi connectivity index (χ4v) is 1.79. The van der Waals surface area contributed by atoms with Crippen LogP contribution in [-0.2, 0) is 9.53 Å². The summed E-state index contributed by atoms with van der Waals surface area (Å²) < 4.78 is 10.0. The monoisotopic (exact) mass is 255 g/mol. The second-order valence-electron chi connectivity index (χ2n) is 3.62. The lowest BCUT2D eigenvalue weighted by Gasteiger charge is -2.13. The van der Waals surface area contributed by atoms with E-state index in [-0.39, 0.29) is 0 Å². The number of carbonyl (C=O) groups excluding carboxylic acids is 2. The van der Waals surface area contributed by atoms with Gasteiger partial charge in [-0.15, -0.1) is 0 Å². The Kier molecular flexibility index (Phi) is 2.93. The molecule has 1 N–H and O–H groups in total. The number of cyclic esters (lactones) is 1. The topological polar surface area (TPSA) is 64.6 Å². The van der Waals surface area contributed by atoms with Crippen molar-refractivity contribution in [2.24, 2.45) is 0 Å². The van der Waals surface area contributed by atoms with Gasteiger partial charge in [-0.25, -0.2) is 4.79 Å². The van der Waals surface area contributed by atoms with E-state index < -0.39 is 18.1 Å². The molecule has 0 saturated carbocycles. The van der Waals surface area contributed by atoms with Gasteiger partial charge in [0.25, 0.3) is 5.91 Å². The molecule has 1 heterocycles. The molecule has 6 heteroatoms. The minimum absolute atomic E-state index is 0.437. The zero-order valence-corrected chi connectivity index (χ0v) is 10.00. The highest BCUT2D eigenvalue weighted by molar-refractivity contribution is 6.31. The lowest BCUT2D eigenvalue weighted by molar-refractivity contribution is -0.123. The summed E-state index contributed by atoms with van der Waals surface area (Å²) in [5.41, 5.74) is 1.25. The first-order valence-electron chi connectivity index (χ1n) is 4.88. The Morgan fingerprint density at radius 3 is 2.65 bits per heavy atom. The van der Waals surface area contributed by atoms with Gasteiger partial charge in [0.2, 0.25) is 6.10 Å². The van der Waals surface area contributed by atoms with Gasteiger partial charge in [0.05, 0.1) is 7.11 Å². The maximum atomic E-state index is 11.5. The van der Waals surface area contributed by atoms with Crippen LogP contribution in [0.25, 0.3) is 0 Å². The van der Waals surface area contributed by atoms with Gasteiger partial charge in [0.1, 0.15) is 5.75 Å². The molecule has 90 valence electrons. The average Bonchev–Trinajstić information content (AvgIpc) is 2.61. The van der Waals surface area contributed by atoms with Crippen LogP contribution in [0.3, 0.4) is 0 Å². The van der Waals surface area contributed by atoms with E-state index in [1.165, 1.54) is 7.11 Å². The quantitative estimate of drug-likeness (QED) is 0.877. The van der Waals surface area contributed by atoms with Crippen LogP contribution in [0, 0.1) is 6.92 Å². The van der Waals surface area contributed by atoms with E-state index in [1.807, 2.05) is 6.92 Å². The Morgan fingerprint density at radius 1 is 1.41 bits per heavy atom. The van der Waals surface area contributed by atoms with E-state index in [4.69, 9.17) is 21.1 Å². The first kappa shape index (κ1) is 11.7. The molecule has 0 aliphatic carbocycles. The first-order valence-corrected chi connectivity index (χ1v) is 5.26. The number of alkyl carbamates (subject to hydrolysis) is 1. The summed E-state index contributed by atoms with van der Waals surface area (Å²) in [5, 5.41) is 2.53. The standard InChI is InChI=1S/C11H10ClNO4/c1-5-3-8(16-2)6(4-7(5)12)9-10(14)13-11(15)17-9/h3-4,9H,1-2H3,(H,13,14,15). The number of halogens is 1. The maximum Gasteiger partial charge on any atom is 0.415 e. The highest BCUT2D eigenvalue weighted by atomic mass is 35.5. The average molecular weight is 256 g/mol. The summed E-state index contributed by atoms with van der Waals surface area (Å²) in [7, 11) is 1.47. The molecule has 0 spiro atoms. The molecule has 1 atom stereocenters. The Hall–Kier alpha value is -1.75. The predicted octanol–water partition coefficient (Wildman–Crippen LogP) is 1.96. The summed E-state index contributed by atoms with van der Waals surface area (Å²) in [6.45, 7) is 1.81. The van der Waals surface area contributed by atoms with Crippen LogP contribution >= 0.6 is 11.6 Å². The first-order chi connectivity index (χ1) is 8.02. The van der Waals surface area contributed by atoms with Crippen LogP contribution in [0.15, 0.2) is 12.1 Å². The fraction of sp³-hybridized carbons (Fsp3) is 0.273. The number of amides is 2. The number of hydrogen-bond donors (Lipinski definition) is 1. The van der Waals surface area contributed by atoms with Crippen molar-refractivity contribution in [3.63, 3.8) is 0 Å². The van der Waals surface area contributed by atoms with E-state index in [0.717, 1.165) is 5.56 Å². The highest BCUT2D eigenvalue weighted by Crippen LogP contribution is 2.34. The molecule has 1 fully saturated rings. The highest BCUT2D eigenvalue weighted by Gasteiger charge is 2.35. The predicted molar refractivity (Wildman–Crippen MR) is 60.1 cm³/mol. The third-order valence-electron chi connectivity index (χ3n) is 2.48. The molecule has 1 aromatic carbocycles. The molecule has 0 radical (unpaired) electrons. The van der Waals surface area contributed by atoms with Gasteiger partial charge in [-0.3, -0.25) is 10.1 Å². The zero-order valence-electron chi connectivity index (χ0n) is 9.24. The number of benzene rings is 1. The Balaban J connectivity index is 2.47. The normalized spacial score (nSPS) is 18.9. The zero-order chi connectivity index (χ0) is 12.6. The molecular weight excluding hydrogens is 246 g/mol. The largest absolute Gasteiger partial charge is 0.496 e. The summed E-state index contributed by atoms with van der Waals surface area (Å²) >= 11 is 5.98. The number of methoxy groups -OCH3 is 1. The minimum atomic E-state index is -1.00. The SMILES string of the molecule is COc1cc(C)c(Cl)cc1C1OC(=O)NC1=O. The van der Waals surface area contributed by atoms with Gasteiger partial charge in [-0.2, -0.15) is 0 Å². The number of rotatable bonds is 2. The summed E-state index contributed by atoms with van der Waals surface area (Å²) in [5.74, 6) is -0.0602. The van der Waals surface area contributed by atoms with E-state index in [1.54, 1.807) is 12.1 Å². The number of nitrogens with one attached hydrogen (secondary N) is 1. The number of ether oxygens (including phenoxy) is 2. The second kappa shape index (κ2) is 4.25. The molecule has 0 aromatic heterocycles. The molecule has 1 aliphatic rings. The Labute approximate surface area is 103 Å². The Morgan fingerprint density at radius 2 is 2.12 bits per heavy atom. The van der Waals surface area contributed by atoms with Crippen LogP contribution in [0.5, 0.6) is 5.75 Å². The lowest BCUT2D eigenvalue weighted by Crippen LogP contribution is -2.20. The molecule has 2 amide bonds. The van der Waals surface area contributed by atoms with E-state index in [9.17, 15) is 9.59 Å². The van der Waals surface area contributed by atoms with Crippen molar-refractivity contribution in [2.75, 3.05) is 7.11 Å². The number of imide groups is 1. The van der Waals surface area contributed by atoms with Crippen molar-refractivity contribution in [2.45, 2.75) is 13.0 Å². The van der Waals surface area contributed by atoms with Crippen LogP contribution < -0.4 is 10.1 Å². The van der Waals surface area contributed by atoms with Crippen molar-refractivity contribution in [1.29, 1.82) is 0 Å². The molecular formula is C11H10ClNO4. The molecule has 17 heavy (non-hydrogen) atoms. The van der Waals surface area contributed by atoms with E-state index >= 15 is 0 Å². The van der Waals surface area contributed by atoms with Crippen molar-refractivity contribution in [3.8, 4) is 5.75 Å². The Bertz CT molecular complexity index is 500. The van der Waals surface area contributed by atoms with Crippen LogP contribution in [0.1, 0.15) is 17.2 Å². The lowest BCUT2D eigenvalue weighted by atomic mass is 10.1. The molecule has 1 aliphatic heterocycles. The molecule has 5 nitrogen and oxygen atoms in total. The van der Waals surface area contributed by atoms with Crippen LogP contribution in [-0.4, -0.2) is 19.1 Å². The van der Waals surface area contributed by atoms with E-state index in [0.29, 0.717) is 16.3 Å². The van der Waals surface area contributed by atoms with Gasteiger partial charge < -0.3 is 9.47 Å². The molecule has 1 unspecified atom stereocenters. The molecule has 1 aromatic rings. The summed E-state index contributed by atoms with van der Waals surface area (Å²) in [6.07, 6.45) is -1.77. The molecule has 1 saturated heterocycles. The van der Waals surface area contributed by atoms with Gasteiger partial charge >= 0.3 is 6.09 Å². The maximum absolute atomic E-state index is 11.5. The number of carbonyl (C=O) groups is 2. The third-order valence-corrected chi connectivity index (χ3v) is 2.89. The van der Waals surface area contributed by atoms with Gasteiger partial charge in [0, 0.05) is 10.6 Å². The minimum Gasteiger partial charge on any atom is -0.496 e. The smallest absolute Gasteiger partial charge is 0.415 e. The van der Waals surface area contributed by atoms with Gasteiger partial charge in [-0.05, 0) is 24.6 Å². The second-order valence-corrected chi connectivity index (χ2v) is 4.03. The van der Waals surface area contributed by atoms with Crippen molar-refractivity contribution in [3.05, 3.63) is 28.3 Å². The summed E-state index contributed by atoms with van der Waals surface area (Å²) in [6, 6.07) is 3.26. The van der Waals surface area contributed by atoms with E-state index in [2.05, 4.69) is 5.32 Å².